The summed E-state index contributed by atoms with van der Waals surface area (Å²) in [6, 6.07) is 13.0. The van der Waals surface area contributed by atoms with Crippen LogP contribution in [0.5, 0.6) is 5.75 Å². The first kappa shape index (κ1) is 27.3. The molecule has 1 saturated heterocycles. The van der Waals surface area contributed by atoms with E-state index in [1.807, 2.05) is 24.3 Å². The molecule has 0 saturated carbocycles. The third kappa shape index (κ3) is 7.17. The van der Waals surface area contributed by atoms with E-state index in [1.165, 1.54) is 4.57 Å². The molecule has 5 nitrogen and oxygen atoms in total. The minimum atomic E-state index is -4.39. The standard InChI is InChI=1S/C27H30F3N3O2S2/c1-3-36-21-9-10-24(26(17-21)35-2)31-13-5-6-20-16-22-23(32-19-11-14-37(34)15-12-19)7-4-8-25(22)33(20)18-27(28,29)30/h4,7-10,16-17,19,31-32H,3,11-15,18H2,1-2H3. The van der Waals surface area contributed by atoms with Crippen LogP contribution in [0.3, 0.4) is 0 Å². The van der Waals surface area contributed by atoms with Crippen LogP contribution in [-0.4, -0.2) is 51.9 Å². The minimum Gasteiger partial charge on any atom is -0.495 e. The third-order valence-corrected chi connectivity index (χ3v) is 8.36. The van der Waals surface area contributed by atoms with Gasteiger partial charge in [0.1, 0.15) is 12.3 Å². The molecule has 1 fully saturated rings. The Morgan fingerprint density at radius 1 is 1.16 bits per heavy atom. The van der Waals surface area contributed by atoms with E-state index in [4.69, 9.17) is 4.74 Å². The van der Waals surface area contributed by atoms with Gasteiger partial charge in [0.2, 0.25) is 0 Å². The quantitative estimate of drug-likeness (QED) is 0.262. The van der Waals surface area contributed by atoms with Gasteiger partial charge in [0.05, 0.1) is 30.6 Å². The number of anilines is 2. The van der Waals surface area contributed by atoms with Gasteiger partial charge < -0.3 is 19.9 Å². The van der Waals surface area contributed by atoms with Gasteiger partial charge in [0, 0.05) is 44.3 Å². The topological polar surface area (TPSA) is 55.3 Å². The zero-order valence-electron chi connectivity index (χ0n) is 20.8. The van der Waals surface area contributed by atoms with Crippen molar-refractivity contribution in [2.24, 2.45) is 0 Å². The molecule has 10 heteroatoms. The molecule has 2 heterocycles. The number of alkyl halides is 3. The highest BCUT2D eigenvalue weighted by Gasteiger charge is 2.30. The van der Waals surface area contributed by atoms with E-state index in [-0.39, 0.29) is 12.6 Å². The van der Waals surface area contributed by atoms with Crippen molar-refractivity contribution in [2.75, 3.05) is 41.5 Å². The molecule has 0 aliphatic carbocycles. The van der Waals surface area contributed by atoms with E-state index < -0.39 is 23.5 Å². The van der Waals surface area contributed by atoms with Crippen molar-refractivity contribution >= 4 is 44.8 Å². The summed E-state index contributed by atoms with van der Waals surface area (Å²) in [6.45, 7) is 1.20. The predicted octanol–water partition coefficient (Wildman–Crippen LogP) is 6.11. The number of nitrogens with zero attached hydrogens (tertiary/aromatic N) is 1. The van der Waals surface area contributed by atoms with Crippen LogP contribution < -0.4 is 15.4 Å². The van der Waals surface area contributed by atoms with Crippen molar-refractivity contribution in [1.29, 1.82) is 0 Å². The monoisotopic (exact) mass is 549 g/mol. The summed E-state index contributed by atoms with van der Waals surface area (Å²) >= 11 is 1.71. The number of rotatable bonds is 8. The number of hydrogen-bond acceptors (Lipinski definition) is 5. The molecule has 3 aromatic rings. The van der Waals surface area contributed by atoms with Gasteiger partial charge in [-0.3, -0.25) is 4.21 Å². The normalized spacial score (nSPS) is 17.8. The fourth-order valence-corrected chi connectivity index (χ4v) is 6.36. The molecule has 2 N–H and O–H groups in total. The van der Waals surface area contributed by atoms with Crippen LogP contribution in [0.15, 0.2) is 47.4 Å². The molecule has 2 aromatic carbocycles. The molecule has 0 amide bonds. The highest BCUT2D eigenvalue weighted by atomic mass is 32.2. The third-order valence-electron chi connectivity index (χ3n) is 6.10. The van der Waals surface area contributed by atoms with Crippen LogP contribution in [-0.2, 0) is 17.3 Å². The summed E-state index contributed by atoms with van der Waals surface area (Å²) in [7, 11) is 0.815. The summed E-state index contributed by atoms with van der Waals surface area (Å²) in [5, 5.41) is 7.35. The van der Waals surface area contributed by atoms with Crippen molar-refractivity contribution in [3.8, 4) is 17.6 Å². The van der Waals surface area contributed by atoms with Crippen LogP contribution in [0, 0.1) is 11.8 Å². The number of ether oxygens (including phenoxy) is 1. The maximum Gasteiger partial charge on any atom is 0.406 e. The average Bonchev–Trinajstić information content (AvgIpc) is 3.20. The number of nitrogens with one attached hydrogen (secondary N) is 2. The van der Waals surface area contributed by atoms with Crippen molar-refractivity contribution in [1.82, 2.24) is 4.57 Å². The van der Waals surface area contributed by atoms with E-state index in [1.54, 1.807) is 37.1 Å². The zero-order chi connectivity index (χ0) is 26.4. The van der Waals surface area contributed by atoms with Crippen molar-refractivity contribution in [2.45, 2.75) is 43.4 Å². The number of aromatic nitrogens is 1. The first-order valence-electron chi connectivity index (χ1n) is 12.1. The lowest BCUT2D eigenvalue weighted by molar-refractivity contribution is -0.140. The summed E-state index contributed by atoms with van der Waals surface area (Å²) in [4.78, 5) is 1.10. The molecule has 0 radical (unpaired) electrons. The summed E-state index contributed by atoms with van der Waals surface area (Å²) in [6.07, 6.45) is -2.85. The lowest BCUT2D eigenvalue weighted by Crippen LogP contribution is -2.29. The van der Waals surface area contributed by atoms with Crippen LogP contribution in [0.4, 0.5) is 24.5 Å². The van der Waals surface area contributed by atoms with Gasteiger partial charge in [-0.25, -0.2) is 0 Å². The van der Waals surface area contributed by atoms with E-state index >= 15 is 0 Å². The van der Waals surface area contributed by atoms with E-state index in [0.717, 1.165) is 34.9 Å². The first-order chi connectivity index (χ1) is 17.8. The number of fused-ring (bicyclic) bond motifs is 1. The lowest BCUT2D eigenvalue weighted by Gasteiger charge is -2.24. The fraction of sp³-hybridized carbons (Fsp3) is 0.407. The first-order valence-corrected chi connectivity index (χ1v) is 14.6. The molecule has 1 aromatic heterocycles. The largest absolute Gasteiger partial charge is 0.495 e. The Balaban J connectivity index is 1.58. The Kier molecular flexibility index (Phi) is 8.98. The van der Waals surface area contributed by atoms with E-state index in [9.17, 15) is 17.4 Å². The van der Waals surface area contributed by atoms with E-state index in [0.29, 0.717) is 33.9 Å². The Morgan fingerprint density at radius 3 is 2.65 bits per heavy atom. The highest BCUT2D eigenvalue weighted by molar-refractivity contribution is 7.99. The van der Waals surface area contributed by atoms with Gasteiger partial charge >= 0.3 is 6.18 Å². The molecular weight excluding hydrogens is 519 g/mol. The smallest absolute Gasteiger partial charge is 0.406 e. The van der Waals surface area contributed by atoms with E-state index in [2.05, 4.69) is 29.4 Å². The maximum atomic E-state index is 13.5. The van der Waals surface area contributed by atoms with Crippen molar-refractivity contribution in [3.63, 3.8) is 0 Å². The van der Waals surface area contributed by atoms with Crippen LogP contribution >= 0.6 is 11.8 Å². The minimum absolute atomic E-state index is 0.144. The van der Waals surface area contributed by atoms with Gasteiger partial charge in [-0.15, -0.1) is 11.8 Å². The Bertz CT molecular complexity index is 1320. The molecule has 0 spiro atoms. The van der Waals surface area contributed by atoms with Crippen LogP contribution in [0.25, 0.3) is 10.9 Å². The Hall–Kier alpha value is -2.77. The molecule has 0 unspecified atom stereocenters. The van der Waals surface area contributed by atoms with Gasteiger partial charge in [-0.2, -0.15) is 13.2 Å². The highest BCUT2D eigenvalue weighted by Crippen LogP contribution is 2.32. The van der Waals surface area contributed by atoms with Gasteiger partial charge in [0.15, 0.2) is 0 Å². The summed E-state index contributed by atoms with van der Waals surface area (Å²) in [5.41, 5.74) is 2.32. The second-order valence-corrected chi connectivity index (χ2v) is 11.7. The molecule has 1 aliphatic heterocycles. The van der Waals surface area contributed by atoms with Crippen LogP contribution in [0.2, 0.25) is 0 Å². The molecule has 37 heavy (non-hydrogen) atoms. The number of thioether (sulfide) groups is 1. The number of methoxy groups -OCH3 is 1. The Labute approximate surface area is 222 Å². The number of halogens is 3. The number of benzene rings is 2. The summed E-state index contributed by atoms with van der Waals surface area (Å²) < 4.78 is 58.8. The SMILES string of the molecule is CCSc1ccc(NCC#Cc2cc3c(NC4CCS(=O)CC4)cccc3n2CC(F)(F)F)c(OC)c1. The molecule has 1 aliphatic rings. The predicted molar refractivity (Wildman–Crippen MR) is 147 cm³/mol. The van der Waals surface area contributed by atoms with Gasteiger partial charge in [-0.1, -0.05) is 18.9 Å². The molecule has 0 atom stereocenters. The van der Waals surface area contributed by atoms with Gasteiger partial charge in [0.25, 0.3) is 0 Å². The second-order valence-electron chi connectivity index (χ2n) is 8.69. The average molecular weight is 550 g/mol. The molecule has 0 bridgehead atoms. The fourth-order valence-electron chi connectivity index (χ4n) is 4.37. The Morgan fingerprint density at radius 2 is 1.95 bits per heavy atom. The van der Waals surface area contributed by atoms with Crippen LogP contribution in [0.1, 0.15) is 25.5 Å². The summed E-state index contributed by atoms with van der Waals surface area (Å²) in [5.74, 6) is 8.82. The molecular formula is C27H30F3N3O2S2. The molecule has 198 valence electrons. The van der Waals surface area contributed by atoms with Crippen molar-refractivity contribution in [3.05, 3.63) is 48.2 Å². The zero-order valence-corrected chi connectivity index (χ0v) is 22.4. The molecule has 4 rings (SSSR count). The van der Waals surface area contributed by atoms with Gasteiger partial charge in [-0.05, 0) is 60.9 Å². The van der Waals surface area contributed by atoms with Crippen molar-refractivity contribution < 1.29 is 22.1 Å². The second kappa shape index (κ2) is 12.2. The lowest BCUT2D eigenvalue weighted by atomic mass is 10.1. The maximum absolute atomic E-state index is 13.5. The number of hydrogen-bond donors (Lipinski definition) is 2.